The molecular weight excluding hydrogens is 332 g/mol. The minimum Gasteiger partial charge on any atom is -0.504 e. The molecule has 1 amide bonds. The Hall–Kier alpha value is -2.73. The molecule has 0 unspecified atom stereocenters. The van der Waals surface area contributed by atoms with E-state index in [9.17, 15) is 9.90 Å². The molecule has 2 N–H and O–H groups in total. The number of halogens is 1. The second-order valence-electron chi connectivity index (χ2n) is 4.92. The maximum absolute atomic E-state index is 11.7. The lowest BCUT2D eigenvalue weighted by molar-refractivity contribution is -0.123. The number of hydrogen-bond acceptors (Lipinski definition) is 5. The average Bonchev–Trinajstić information content (AvgIpc) is 2.56. The van der Waals surface area contributed by atoms with Gasteiger partial charge in [0.25, 0.3) is 5.91 Å². The van der Waals surface area contributed by atoms with Crippen molar-refractivity contribution in [2.75, 3.05) is 13.7 Å². The van der Waals surface area contributed by atoms with Crippen LogP contribution in [0.5, 0.6) is 17.2 Å². The summed E-state index contributed by atoms with van der Waals surface area (Å²) in [4.78, 5) is 11.7. The van der Waals surface area contributed by atoms with E-state index in [1.54, 1.807) is 30.3 Å². The number of nitrogens with one attached hydrogen (secondary N) is 1. The van der Waals surface area contributed by atoms with Gasteiger partial charge in [-0.3, -0.25) is 4.79 Å². The Bertz CT molecular complexity index is 762. The van der Waals surface area contributed by atoms with Gasteiger partial charge in [0, 0.05) is 5.02 Å². The second-order valence-corrected chi connectivity index (χ2v) is 5.33. The van der Waals surface area contributed by atoms with Gasteiger partial charge < -0.3 is 14.6 Å². The molecule has 2 aromatic carbocycles. The molecule has 0 spiro atoms. The number of hydrogen-bond donors (Lipinski definition) is 2. The van der Waals surface area contributed by atoms with Crippen molar-refractivity contribution < 1.29 is 19.4 Å². The Kier molecular flexibility index (Phi) is 6.03. The van der Waals surface area contributed by atoms with Crippen molar-refractivity contribution in [2.24, 2.45) is 5.10 Å². The van der Waals surface area contributed by atoms with Crippen LogP contribution in [-0.2, 0) is 4.79 Å². The van der Waals surface area contributed by atoms with Crippen molar-refractivity contribution in [3.8, 4) is 17.2 Å². The number of phenolic OH excluding ortho intramolecular Hbond substituents is 1. The first-order valence-corrected chi connectivity index (χ1v) is 7.45. The van der Waals surface area contributed by atoms with Crippen LogP contribution < -0.4 is 14.9 Å². The minimum absolute atomic E-state index is 0.00535. The summed E-state index contributed by atoms with van der Waals surface area (Å²) in [6.07, 6.45) is 1.41. The maximum Gasteiger partial charge on any atom is 0.277 e. The molecule has 2 aromatic rings. The van der Waals surface area contributed by atoms with E-state index in [-0.39, 0.29) is 12.4 Å². The molecule has 0 aromatic heterocycles. The van der Waals surface area contributed by atoms with E-state index in [4.69, 9.17) is 21.1 Å². The number of nitrogens with zero attached hydrogens (tertiary/aromatic N) is 1. The number of phenols is 1. The average molecular weight is 349 g/mol. The number of aryl methyl sites for hydroxylation is 1. The zero-order valence-electron chi connectivity index (χ0n) is 13.2. The van der Waals surface area contributed by atoms with E-state index in [1.165, 1.54) is 19.4 Å². The van der Waals surface area contributed by atoms with Crippen LogP contribution in [0.3, 0.4) is 0 Å². The van der Waals surface area contributed by atoms with Crippen molar-refractivity contribution in [1.29, 1.82) is 0 Å². The zero-order chi connectivity index (χ0) is 17.5. The molecule has 7 heteroatoms. The van der Waals surface area contributed by atoms with Crippen LogP contribution in [0, 0.1) is 6.92 Å². The van der Waals surface area contributed by atoms with Gasteiger partial charge in [0.2, 0.25) is 0 Å². The van der Waals surface area contributed by atoms with Crippen LogP contribution in [-0.4, -0.2) is 30.9 Å². The molecule has 2 rings (SSSR count). The van der Waals surface area contributed by atoms with Crippen LogP contribution in [0.4, 0.5) is 0 Å². The first-order valence-electron chi connectivity index (χ1n) is 7.07. The van der Waals surface area contributed by atoms with E-state index < -0.39 is 5.91 Å². The molecule has 0 radical (unpaired) electrons. The third-order valence-corrected chi connectivity index (χ3v) is 3.53. The number of carbonyl (C=O) groups excluding carboxylic acids is 1. The fourth-order valence-electron chi connectivity index (χ4n) is 1.85. The SMILES string of the molecule is COc1ccc(/C=N/NC(=O)COc2ccc(Cl)c(C)c2)cc1O. The Labute approximate surface area is 144 Å². The molecule has 0 aliphatic rings. The van der Waals surface area contributed by atoms with E-state index >= 15 is 0 Å². The lowest BCUT2D eigenvalue weighted by atomic mass is 10.2. The molecular formula is C17H17ClN2O4. The summed E-state index contributed by atoms with van der Waals surface area (Å²) >= 11 is 5.92. The predicted molar refractivity (Wildman–Crippen MR) is 92.1 cm³/mol. The molecule has 0 saturated carbocycles. The third-order valence-electron chi connectivity index (χ3n) is 3.11. The Morgan fingerprint density at radius 3 is 2.79 bits per heavy atom. The lowest BCUT2D eigenvalue weighted by Crippen LogP contribution is -2.24. The number of hydrazone groups is 1. The molecule has 24 heavy (non-hydrogen) atoms. The van der Waals surface area contributed by atoms with Crippen molar-refractivity contribution in [3.63, 3.8) is 0 Å². The van der Waals surface area contributed by atoms with Crippen molar-refractivity contribution >= 4 is 23.7 Å². The number of amides is 1. The summed E-state index contributed by atoms with van der Waals surface area (Å²) in [6, 6.07) is 9.91. The number of benzene rings is 2. The highest BCUT2D eigenvalue weighted by atomic mass is 35.5. The smallest absolute Gasteiger partial charge is 0.277 e. The second kappa shape index (κ2) is 8.21. The third kappa shape index (κ3) is 4.89. The number of carbonyl (C=O) groups is 1. The fourth-order valence-corrected chi connectivity index (χ4v) is 1.97. The van der Waals surface area contributed by atoms with Gasteiger partial charge in [0.1, 0.15) is 5.75 Å². The van der Waals surface area contributed by atoms with E-state index in [2.05, 4.69) is 10.5 Å². The summed E-state index contributed by atoms with van der Waals surface area (Å²) in [5, 5.41) is 14.1. The fraction of sp³-hybridized carbons (Fsp3) is 0.176. The normalized spacial score (nSPS) is 10.6. The van der Waals surface area contributed by atoms with Crippen molar-refractivity contribution in [1.82, 2.24) is 5.43 Å². The molecule has 0 heterocycles. The highest BCUT2D eigenvalue weighted by molar-refractivity contribution is 6.31. The summed E-state index contributed by atoms with van der Waals surface area (Å²) in [7, 11) is 1.46. The van der Waals surface area contributed by atoms with E-state index in [1.807, 2.05) is 6.92 Å². The van der Waals surface area contributed by atoms with Gasteiger partial charge in [-0.05, 0) is 54.4 Å². The highest BCUT2D eigenvalue weighted by Crippen LogP contribution is 2.25. The summed E-state index contributed by atoms with van der Waals surface area (Å²) < 4.78 is 10.3. The molecule has 0 fully saturated rings. The first-order chi connectivity index (χ1) is 11.5. The highest BCUT2D eigenvalue weighted by Gasteiger charge is 2.04. The first kappa shape index (κ1) is 17.6. The minimum atomic E-state index is -0.406. The molecule has 0 aliphatic heterocycles. The van der Waals surface area contributed by atoms with Crippen LogP contribution >= 0.6 is 11.6 Å². The van der Waals surface area contributed by atoms with Crippen LogP contribution in [0.25, 0.3) is 0 Å². The molecule has 126 valence electrons. The zero-order valence-corrected chi connectivity index (χ0v) is 14.0. The van der Waals surface area contributed by atoms with Gasteiger partial charge in [0.15, 0.2) is 18.1 Å². The topological polar surface area (TPSA) is 80.2 Å². The van der Waals surface area contributed by atoms with Gasteiger partial charge in [-0.15, -0.1) is 0 Å². The van der Waals surface area contributed by atoms with Crippen molar-refractivity contribution in [2.45, 2.75) is 6.92 Å². The van der Waals surface area contributed by atoms with Gasteiger partial charge in [-0.1, -0.05) is 11.6 Å². The van der Waals surface area contributed by atoms with Crippen LogP contribution in [0.2, 0.25) is 5.02 Å². The standard InChI is InChI=1S/C17H17ClN2O4/c1-11-7-13(4-5-14(11)18)24-10-17(22)20-19-9-12-3-6-16(23-2)15(21)8-12/h3-9,21H,10H2,1-2H3,(H,20,22)/b19-9+. The molecule has 6 nitrogen and oxygen atoms in total. The van der Waals surface area contributed by atoms with Crippen molar-refractivity contribution in [3.05, 3.63) is 52.5 Å². The summed E-state index contributed by atoms with van der Waals surface area (Å²) in [5.41, 5.74) is 3.82. The van der Waals surface area contributed by atoms with Gasteiger partial charge in [-0.2, -0.15) is 5.10 Å². The van der Waals surface area contributed by atoms with E-state index in [0.717, 1.165) is 5.56 Å². The predicted octanol–water partition coefficient (Wildman–Crippen LogP) is 2.89. The summed E-state index contributed by atoms with van der Waals surface area (Å²) in [6.45, 7) is 1.68. The van der Waals surface area contributed by atoms with E-state index in [0.29, 0.717) is 22.1 Å². The Balaban J connectivity index is 1.84. The van der Waals surface area contributed by atoms with Gasteiger partial charge in [0.05, 0.1) is 13.3 Å². The van der Waals surface area contributed by atoms with Crippen LogP contribution in [0.1, 0.15) is 11.1 Å². The van der Waals surface area contributed by atoms with Crippen LogP contribution in [0.15, 0.2) is 41.5 Å². The molecule has 0 saturated heterocycles. The number of ether oxygens (including phenoxy) is 2. The Morgan fingerprint density at radius 1 is 1.33 bits per heavy atom. The quantitative estimate of drug-likeness (QED) is 0.621. The number of aromatic hydroxyl groups is 1. The molecule has 0 aliphatic carbocycles. The molecule has 0 atom stereocenters. The summed E-state index contributed by atoms with van der Waals surface area (Å²) in [5.74, 6) is 0.504. The number of rotatable bonds is 6. The lowest BCUT2D eigenvalue weighted by Gasteiger charge is -2.06. The monoisotopic (exact) mass is 348 g/mol. The largest absolute Gasteiger partial charge is 0.504 e. The Morgan fingerprint density at radius 2 is 2.12 bits per heavy atom. The maximum atomic E-state index is 11.7. The van der Waals surface area contributed by atoms with Gasteiger partial charge in [-0.25, -0.2) is 5.43 Å². The molecule has 0 bridgehead atoms. The number of methoxy groups -OCH3 is 1. The van der Waals surface area contributed by atoms with Gasteiger partial charge >= 0.3 is 0 Å².